The molecule has 0 saturated carbocycles. The van der Waals surface area contributed by atoms with Crippen molar-refractivity contribution in [2.45, 2.75) is 6.17 Å². The lowest BCUT2D eigenvalue weighted by molar-refractivity contribution is 0.664. The van der Waals surface area contributed by atoms with Gasteiger partial charge in [0.1, 0.15) is 6.17 Å². The van der Waals surface area contributed by atoms with E-state index in [-0.39, 0.29) is 6.17 Å². The molecule has 5 heteroatoms. The van der Waals surface area contributed by atoms with Gasteiger partial charge in [0.2, 0.25) is 0 Å². The molecule has 1 atom stereocenters. The number of hydrogen-bond acceptors (Lipinski definition) is 5. The van der Waals surface area contributed by atoms with Crippen molar-refractivity contribution in [3.05, 3.63) is 247 Å². The summed E-state index contributed by atoms with van der Waals surface area (Å²) in [4.78, 5) is 15.5. The van der Waals surface area contributed by atoms with Gasteiger partial charge in [-0.2, -0.15) is 0 Å². The first kappa shape index (κ1) is 38.4. The Bertz CT molecular complexity index is 3530. The van der Waals surface area contributed by atoms with Gasteiger partial charge in [0.15, 0.2) is 5.82 Å². The van der Waals surface area contributed by atoms with Crippen LogP contribution in [0.5, 0.6) is 0 Å². The van der Waals surface area contributed by atoms with Crippen LogP contribution in [0.4, 0.5) is 0 Å². The van der Waals surface area contributed by atoms with E-state index in [1.807, 2.05) is 23.5 Å². The van der Waals surface area contributed by atoms with Crippen molar-refractivity contribution in [2.24, 2.45) is 4.99 Å². The van der Waals surface area contributed by atoms with Crippen LogP contribution in [0.25, 0.3) is 92.8 Å². The quantitative estimate of drug-likeness (QED) is 0.166. The molecule has 0 bridgehead atoms. The van der Waals surface area contributed by atoms with Crippen LogP contribution in [-0.4, -0.2) is 15.7 Å². The average molecular weight is 849 g/mol. The van der Waals surface area contributed by atoms with Gasteiger partial charge in [0, 0.05) is 48.1 Å². The van der Waals surface area contributed by atoms with Crippen LogP contribution in [0.3, 0.4) is 0 Å². The van der Waals surface area contributed by atoms with Crippen LogP contribution in [-0.2, 0) is 0 Å². The number of aromatic nitrogens is 2. The van der Waals surface area contributed by atoms with E-state index < -0.39 is 0 Å². The van der Waals surface area contributed by atoms with E-state index in [1.54, 1.807) is 0 Å². The molecule has 0 aliphatic carbocycles. The van der Waals surface area contributed by atoms with Crippen LogP contribution in [0.2, 0.25) is 0 Å². The first-order valence-corrected chi connectivity index (χ1v) is 22.8. The fourth-order valence-corrected chi connectivity index (χ4v) is 10.2. The molecular formula is C60H40N4S. The summed E-state index contributed by atoms with van der Waals surface area (Å²) in [6, 6.07) is 79.5. The summed E-state index contributed by atoms with van der Waals surface area (Å²) in [7, 11) is 0. The molecule has 11 aromatic rings. The van der Waals surface area contributed by atoms with Gasteiger partial charge < -0.3 is 5.32 Å². The summed E-state index contributed by atoms with van der Waals surface area (Å²) in [6.45, 7) is 0. The molecular weight excluding hydrogens is 809 g/mol. The molecule has 0 saturated heterocycles. The predicted octanol–water partition coefficient (Wildman–Crippen LogP) is 15.5. The zero-order valence-corrected chi connectivity index (χ0v) is 36.1. The lowest BCUT2D eigenvalue weighted by Crippen LogP contribution is -2.25. The van der Waals surface area contributed by atoms with Gasteiger partial charge in [0.25, 0.3) is 0 Å². The minimum atomic E-state index is -0.265. The first-order chi connectivity index (χ1) is 32.2. The predicted molar refractivity (Wildman–Crippen MR) is 273 cm³/mol. The second kappa shape index (κ2) is 16.5. The number of nitrogens with zero attached hydrogens (tertiary/aromatic N) is 3. The highest BCUT2D eigenvalue weighted by atomic mass is 32.1. The third-order valence-electron chi connectivity index (χ3n) is 12.3. The SMILES string of the molecule is C1=C(c2cccc3ccccc23)NC(c2ccc(-c3cc(-c4ccc(-c5nc(-c6ccccc6)cc(-c6ccccc6)n5)cc4)c4c(c3)sc3ccccc34)cc2)N=C1c1ccccc1. The smallest absolute Gasteiger partial charge is 0.160 e. The summed E-state index contributed by atoms with van der Waals surface area (Å²) in [5.74, 6) is 0.698. The third kappa shape index (κ3) is 7.38. The molecule has 0 radical (unpaired) electrons. The minimum Gasteiger partial charge on any atom is -0.359 e. The van der Waals surface area contributed by atoms with Crippen LogP contribution >= 0.6 is 11.3 Å². The van der Waals surface area contributed by atoms with Crippen molar-refractivity contribution in [1.82, 2.24) is 15.3 Å². The van der Waals surface area contributed by atoms with Crippen molar-refractivity contribution >= 4 is 53.7 Å². The molecule has 306 valence electrons. The van der Waals surface area contributed by atoms with E-state index in [9.17, 15) is 0 Å². The molecule has 0 fully saturated rings. The van der Waals surface area contributed by atoms with Crippen LogP contribution in [0.1, 0.15) is 22.9 Å². The summed E-state index contributed by atoms with van der Waals surface area (Å²) >= 11 is 1.85. The fourth-order valence-electron chi connectivity index (χ4n) is 9.07. The molecule has 65 heavy (non-hydrogen) atoms. The van der Waals surface area contributed by atoms with Crippen molar-refractivity contribution in [3.63, 3.8) is 0 Å². The van der Waals surface area contributed by atoms with Crippen LogP contribution < -0.4 is 5.32 Å². The van der Waals surface area contributed by atoms with Crippen molar-refractivity contribution in [2.75, 3.05) is 0 Å². The second-order valence-corrected chi connectivity index (χ2v) is 17.5. The molecule has 2 aromatic heterocycles. The Morgan fingerprint density at radius 1 is 0.400 bits per heavy atom. The van der Waals surface area contributed by atoms with Gasteiger partial charge in [-0.25, -0.2) is 9.97 Å². The van der Waals surface area contributed by atoms with E-state index in [4.69, 9.17) is 15.0 Å². The Morgan fingerprint density at radius 2 is 0.985 bits per heavy atom. The Balaban J connectivity index is 0.917. The van der Waals surface area contributed by atoms with Gasteiger partial charge in [-0.1, -0.05) is 200 Å². The maximum absolute atomic E-state index is 5.29. The normalized spacial score (nSPS) is 13.7. The van der Waals surface area contributed by atoms with Gasteiger partial charge in [0.05, 0.1) is 17.1 Å². The third-order valence-corrected chi connectivity index (χ3v) is 13.5. The maximum Gasteiger partial charge on any atom is 0.160 e. The van der Waals surface area contributed by atoms with E-state index in [0.717, 1.165) is 67.3 Å². The zero-order valence-electron chi connectivity index (χ0n) is 35.3. The lowest BCUT2D eigenvalue weighted by atomic mass is 9.93. The molecule has 9 aromatic carbocycles. The fraction of sp³-hybridized carbons (Fsp3) is 0.0167. The summed E-state index contributed by atoms with van der Waals surface area (Å²) in [5.41, 5.74) is 14.9. The highest BCUT2D eigenvalue weighted by molar-refractivity contribution is 7.26. The summed E-state index contributed by atoms with van der Waals surface area (Å²) in [6.07, 6.45) is 1.92. The molecule has 3 heterocycles. The Morgan fingerprint density at radius 3 is 1.69 bits per heavy atom. The second-order valence-electron chi connectivity index (χ2n) is 16.4. The monoisotopic (exact) mass is 848 g/mol. The highest BCUT2D eigenvalue weighted by Crippen LogP contribution is 2.43. The number of nitrogens with one attached hydrogen (secondary N) is 1. The number of benzene rings is 9. The van der Waals surface area contributed by atoms with Crippen molar-refractivity contribution in [1.29, 1.82) is 0 Å². The van der Waals surface area contributed by atoms with Gasteiger partial charge in [-0.3, -0.25) is 4.99 Å². The summed E-state index contributed by atoms with van der Waals surface area (Å²) < 4.78 is 2.53. The maximum atomic E-state index is 5.29. The number of thiophene rings is 1. The lowest BCUT2D eigenvalue weighted by Gasteiger charge is -2.25. The molecule has 1 aliphatic heterocycles. The number of aliphatic imine (C=N–C) groups is 1. The number of fused-ring (bicyclic) bond motifs is 4. The first-order valence-electron chi connectivity index (χ1n) is 21.9. The molecule has 0 amide bonds. The zero-order chi connectivity index (χ0) is 43.1. The number of rotatable bonds is 8. The van der Waals surface area contributed by atoms with Gasteiger partial charge in [-0.05, 0) is 74.5 Å². The standard InChI is InChI=1S/C60H40N4S/c1-4-16-42(17-5-1)52-37-53(43-18-6-2-7-19-43)62-59(61-52)46-33-29-41(30-34-46)51-35-47(36-57-58(51)50-24-12-13-26-56(50)65-57)39-27-31-45(32-28-39)60-63-54(44-20-8-3-9-21-44)38-55(64-60)49-25-14-22-40-15-10-11-23-48(40)49/h1-38,60,64H. The minimum absolute atomic E-state index is 0.265. The highest BCUT2D eigenvalue weighted by Gasteiger charge is 2.22. The van der Waals surface area contributed by atoms with Gasteiger partial charge in [-0.15, -0.1) is 11.3 Å². The number of hydrogen-bond donors (Lipinski definition) is 1. The largest absolute Gasteiger partial charge is 0.359 e. The molecule has 0 spiro atoms. The molecule has 1 aliphatic rings. The molecule has 1 N–H and O–H groups in total. The Labute approximate surface area is 381 Å². The van der Waals surface area contributed by atoms with Crippen LogP contribution in [0, 0.1) is 0 Å². The van der Waals surface area contributed by atoms with Crippen molar-refractivity contribution in [3.8, 4) is 56.2 Å². The van der Waals surface area contributed by atoms with Crippen LogP contribution in [0.15, 0.2) is 236 Å². The van der Waals surface area contributed by atoms with E-state index in [1.165, 1.54) is 42.1 Å². The molecule has 1 unspecified atom stereocenters. The van der Waals surface area contributed by atoms with E-state index in [2.05, 4.69) is 224 Å². The topological polar surface area (TPSA) is 50.2 Å². The molecule has 12 rings (SSSR count). The number of allylic oxidation sites excluding steroid dienone is 1. The molecule has 4 nitrogen and oxygen atoms in total. The Kier molecular flexibility index (Phi) is 9.73. The summed E-state index contributed by atoms with van der Waals surface area (Å²) in [5, 5.41) is 8.78. The van der Waals surface area contributed by atoms with E-state index in [0.29, 0.717) is 5.82 Å². The van der Waals surface area contributed by atoms with E-state index >= 15 is 0 Å². The van der Waals surface area contributed by atoms with Crippen molar-refractivity contribution < 1.29 is 0 Å². The van der Waals surface area contributed by atoms with Gasteiger partial charge >= 0.3 is 0 Å². The Hall–Kier alpha value is -8.25. The average Bonchev–Trinajstić information content (AvgIpc) is 3.77.